The summed E-state index contributed by atoms with van der Waals surface area (Å²) in [6.07, 6.45) is 1.36. The van der Waals surface area contributed by atoms with Crippen LogP contribution in [0.25, 0.3) is 0 Å². The van der Waals surface area contributed by atoms with Crippen molar-refractivity contribution < 1.29 is 33.4 Å². The van der Waals surface area contributed by atoms with Crippen LogP contribution in [0.1, 0.15) is 15.9 Å². The molecule has 0 aliphatic rings. The highest BCUT2D eigenvalue weighted by Gasteiger charge is 2.32. The molecule has 34 heavy (non-hydrogen) atoms. The molecule has 0 atom stereocenters. The molecule has 0 radical (unpaired) electrons. The monoisotopic (exact) mass is 469 g/mol. The standard InChI is InChI=1S/C23H23N3O8/c1-13-6-8-16(17(10-13)30-2)34-19-9-7-14(12-24-19)25-23(27)15-11-18(31-3)21(32-4)22(33-5)20(15)26(28)29/h6-12H,1-5H3,(H,25,27). The van der Waals surface area contributed by atoms with Gasteiger partial charge in [0.25, 0.3) is 5.91 Å². The van der Waals surface area contributed by atoms with Crippen molar-refractivity contribution in [1.82, 2.24) is 4.98 Å². The maximum atomic E-state index is 12.9. The van der Waals surface area contributed by atoms with E-state index in [1.807, 2.05) is 19.1 Å². The Hall–Kier alpha value is -4.54. The fourth-order valence-electron chi connectivity index (χ4n) is 3.18. The summed E-state index contributed by atoms with van der Waals surface area (Å²) in [4.78, 5) is 28.1. The van der Waals surface area contributed by atoms with E-state index in [1.54, 1.807) is 18.2 Å². The van der Waals surface area contributed by atoms with Crippen molar-refractivity contribution in [1.29, 1.82) is 0 Å². The van der Waals surface area contributed by atoms with Crippen LogP contribution in [0.4, 0.5) is 11.4 Å². The molecular weight excluding hydrogens is 446 g/mol. The molecule has 1 amide bonds. The quantitative estimate of drug-likeness (QED) is 0.358. The normalized spacial score (nSPS) is 10.3. The van der Waals surface area contributed by atoms with E-state index in [1.165, 1.54) is 40.7 Å². The number of carbonyl (C=O) groups excluding carboxylic acids is 1. The van der Waals surface area contributed by atoms with Gasteiger partial charge in [0.15, 0.2) is 17.2 Å². The minimum absolute atomic E-state index is 0.00273. The third-order valence-electron chi connectivity index (χ3n) is 4.76. The van der Waals surface area contributed by atoms with Crippen LogP contribution in [0.5, 0.6) is 34.6 Å². The largest absolute Gasteiger partial charge is 0.493 e. The summed E-state index contributed by atoms with van der Waals surface area (Å²) in [7, 11) is 5.43. The van der Waals surface area contributed by atoms with Gasteiger partial charge in [0.1, 0.15) is 5.56 Å². The lowest BCUT2D eigenvalue weighted by molar-refractivity contribution is -0.386. The summed E-state index contributed by atoms with van der Waals surface area (Å²) in [5, 5.41) is 14.3. The Bertz CT molecular complexity index is 1210. The zero-order valence-electron chi connectivity index (χ0n) is 19.2. The topological polar surface area (TPSA) is 131 Å². The van der Waals surface area contributed by atoms with Crippen molar-refractivity contribution in [2.45, 2.75) is 6.92 Å². The fraction of sp³-hybridized carbons (Fsp3) is 0.217. The van der Waals surface area contributed by atoms with Gasteiger partial charge in [0.05, 0.1) is 45.2 Å². The minimum Gasteiger partial charge on any atom is -0.493 e. The molecule has 0 saturated carbocycles. The first-order valence-corrected chi connectivity index (χ1v) is 9.90. The van der Waals surface area contributed by atoms with Gasteiger partial charge >= 0.3 is 5.69 Å². The van der Waals surface area contributed by atoms with Crippen LogP contribution in [0.15, 0.2) is 42.6 Å². The minimum atomic E-state index is -0.762. The SMILES string of the molecule is COc1cc(C)ccc1Oc1ccc(NC(=O)c2cc(OC)c(OC)c(OC)c2[N+](=O)[O-])cn1. The van der Waals surface area contributed by atoms with E-state index in [0.29, 0.717) is 11.5 Å². The number of carbonyl (C=O) groups is 1. The Morgan fingerprint density at radius 1 is 0.912 bits per heavy atom. The van der Waals surface area contributed by atoms with Crippen LogP contribution in [-0.4, -0.2) is 44.3 Å². The summed E-state index contributed by atoms with van der Waals surface area (Å²) >= 11 is 0. The van der Waals surface area contributed by atoms with Gasteiger partial charge in [-0.15, -0.1) is 0 Å². The lowest BCUT2D eigenvalue weighted by Gasteiger charge is -2.15. The van der Waals surface area contributed by atoms with Crippen molar-refractivity contribution in [2.75, 3.05) is 33.8 Å². The first kappa shape index (κ1) is 24.1. The molecule has 1 aromatic heterocycles. The highest BCUT2D eigenvalue weighted by molar-refractivity contribution is 6.08. The number of hydrogen-bond acceptors (Lipinski definition) is 9. The average Bonchev–Trinajstić information content (AvgIpc) is 2.84. The van der Waals surface area contributed by atoms with E-state index >= 15 is 0 Å². The number of rotatable bonds is 9. The average molecular weight is 469 g/mol. The van der Waals surface area contributed by atoms with Gasteiger partial charge in [0.2, 0.25) is 17.4 Å². The molecule has 11 heteroatoms. The number of nitrogens with one attached hydrogen (secondary N) is 1. The molecule has 1 N–H and O–H groups in total. The molecule has 11 nitrogen and oxygen atoms in total. The molecule has 0 unspecified atom stereocenters. The number of nitro groups is 1. The first-order chi connectivity index (χ1) is 16.3. The second kappa shape index (κ2) is 10.4. The number of benzene rings is 2. The molecular formula is C23H23N3O8. The zero-order chi connectivity index (χ0) is 24.8. The Morgan fingerprint density at radius 3 is 2.18 bits per heavy atom. The smallest absolute Gasteiger partial charge is 0.327 e. The van der Waals surface area contributed by atoms with Crippen LogP contribution in [0.3, 0.4) is 0 Å². The van der Waals surface area contributed by atoms with Gasteiger partial charge < -0.3 is 29.0 Å². The van der Waals surface area contributed by atoms with Crippen LogP contribution < -0.4 is 29.0 Å². The third-order valence-corrected chi connectivity index (χ3v) is 4.76. The molecule has 178 valence electrons. The fourth-order valence-corrected chi connectivity index (χ4v) is 3.18. The number of hydrogen-bond donors (Lipinski definition) is 1. The number of nitrogens with zero attached hydrogens (tertiary/aromatic N) is 2. The third kappa shape index (κ3) is 4.93. The number of nitro benzene ring substituents is 1. The Morgan fingerprint density at radius 2 is 1.62 bits per heavy atom. The maximum Gasteiger partial charge on any atom is 0.327 e. The number of pyridine rings is 1. The summed E-state index contributed by atoms with van der Waals surface area (Å²) in [6, 6.07) is 9.76. The van der Waals surface area contributed by atoms with E-state index in [9.17, 15) is 14.9 Å². The van der Waals surface area contributed by atoms with Crippen molar-refractivity contribution >= 4 is 17.3 Å². The molecule has 0 saturated heterocycles. The molecule has 0 spiro atoms. The van der Waals surface area contributed by atoms with Gasteiger partial charge in [-0.3, -0.25) is 14.9 Å². The van der Waals surface area contributed by atoms with E-state index < -0.39 is 16.5 Å². The van der Waals surface area contributed by atoms with E-state index in [-0.39, 0.29) is 34.4 Å². The highest BCUT2D eigenvalue weighted by Crippen LogP contribution is 2.46. The van der Waals surface area contributed by atoms with Gasteiger partial charge in [0, 0.05) is 12.1 Å². The van der Waals surface area contributed by atoms with Gasteiger partial charge in [-0.2, -0.15) is 0 Å². The van der Waals surface area contributed by atoms with Crippen molar-refractivity contribution in [3.8, 4) is 34.6 Å². The van der Waals surface area contributed by atoms with Crippen LogP contribution >= 0.6 is 0 Å². The molecule has 1 heterocycles. The molecule has 0 aliphatic heterocycles. The summed E-state index contributed by atoms with van der Waals surface area (Å²) in [5.74, 6) is 0.401. The number of aryl methyl sites for hydroxylation is 1. The van der Waals surface area contributed by atoms with Crippen LogP contribution in [0, 0.1) is 17.0 Å². The van der Waals surface area contributed by atoms with E-state index in [4.69, 9.17) is 23.7 Å². The number of aromatic nitrogens is 1. The molecule has 0 fully saturated rings. The van der Waals surface area contributed by atoms with Crippen LogP contribution in [-0.2, 0) is 0 Å². The lowest BCUT2D eigenvalue weighted by atomic mass is 10.1. The zero-order valence-corrected chi connectivity index (χ0v) is 19.2. The molecule has 0 bridgehead atoms. The lowest BCUT2D eigenvalue weighted by Crippen LogP contribution is -2.15. The summed E-state index contributed by atoms with van der Waals surface area (Å²) in [5.41, 5.74) is 0.466. The molecule has 3 aromatic rings. The second-order valence-electron chi connectivity index (χ2n) is 6.89. The number of methoxy groups -OCH3 is 4. The Balaban J connectivity index is 1.87. The van der Waals surface area contributed by atoms with E-state index in [0.717, 1.165) is 5.56 Å². The number of anilines is 1. The predicted molar refractivity (Wildman–Crippen MR) is 123 cm³/mol. The molecule has 2 aromatic carbocycles. The number of amides is 1. The molecule has 3 rings (SSSR count). The first-order valence-electron chi connectivity index (χ1n) is 9.90. The van der Waals surface area contributed by atoms with Crippen molar-refractivity contribution in [3.63, 3.8) is 0 Å². The van der Waals surface area contributed by atoms with Crippen molar-refractivity contribution in [3.05, 3.63) is 63.8 Å². The Labute approximate surface area is 195 Å². The number of ether oxygens (including phenoxy) is 5. The van der Waals surface area contributed by atoms with Crippen molar-refractivity contribution in [2.24, 2.45) is 0 Å². The summed E-state index contributed by atoms with van der Waals surface area (Å²) in [6.45, 7) is 1.93. The van der Waals surface area contributed by atoms with E-state index in [2.05, 4.69) is 10.3 Å². The Kier molecular flexibility index (Phi) is 7.36. The van der Waals surface area contributed by atoms with Gasteiger partial charge in [-0.05, 0) is 30.7 Å². The maximum absolute atomic E-state index is 12.9. The molecule has 0 aliphatic carbocycles. The predicted octanol–water partition coefficient (Wildman–Crippen LogP) is 4.38. The van der Waals surface area contributed by atoms with Gasteiger partial charge in [-0.25, -0.2) is 4.98 Å². The highest BCUT2D eigenvalue weighted by atomic mass is 16.6. The summed E-state index contributed by atoms with van der Waals surface area (Å²) < 4.78 is 26.6. The van der Waals surface area contributed by atoms with Gasteiger partial charge in [-0.1, -0.05) is 6.07 Å². The second-order valence-corrected chi connectivity index (χ2v) is 6.89. The van der Waals surface area contributed by atoms with Crippen LogP contribution in [0.2, 0.25) is 0 Å².